The number of rotatable bonds is 4. The summed E-state index contributed by atoms with van der Waals surface area (Å²) in [4.78, 5) is 0. The molecule has 0 fully saturated rings. The summed E-state index contributed by atoms with van der Waals surface area (Å²) in [6, 6.07) is 41.3. The van der Waals surface area contributed by atoms with Crippen molar-refractivity contribution in [3.8, 4) is 17.6 Å². The summed E-state index contributed by atoms with van der Waals surface area (Å²) in [5.74, 6) is 0. The molecule has 0 aromatic heterocycles. The monoisotopic (exact) mass is 560 g/mol. The van der Waals surface area contributed by atoms with E-state index in [1.807, 2.05) is 0 Å². The van der Waals surface area contributed by atoms with Crippen molar-refractivity contribution in [1.29, 1.82) is 0 Å². The summed E-state index contributed by atoms with van der Waals surface area (Å²) in [5, 5.41) is 4.15. The third kappa shape index (κ3) is 5.32. The molecule has 0 aliphatic rings. The van der Waals surface area contributed by atoms with E-state index in [0.29, 0.717) is 0 Å². The fourth-order valence-electron chi connectivity index (χ4n) is 3.03. The van der Waals surface area contributed by atoms with Gasteiger partial charge in [0.2, 0.25) is 0 Å². The van der Waals surface area contributed by atoms with Crippen molar-refractivity contribution in [3.05, 3.63) is 122 Å². The van der Waals surface area contributed by atoms with Crippen LogP contribution in [-0.4, -0.2) is 0 Å². The van der Waals surface area contributed by atoms with Gasteiger partial charge in [-0.25, -0.2) is 0 Å². The van der Waals surface area contributed by atoms with Gasteiger partial charge < -0.3 is 12.8 Å². The van der Waals surface area contributed by atoms with Crippen LogP contribution >= 0.6 is 7.92 Å². The zero-order chi connectivity index (χ0) is 18.9. The van der Waals surface area contributed by atoms with Crippen molar-refractivity contribution >= 4 is 23.8 Å². The Hall–Kier alpha value is -2.39. The summed E-state index contributed by atoms with van der Waals surface area (Å²) < 4.78 is 0. The van der Waals surface area contributed by atoms with Gasteiger partial charge in [-0.3, -0.25) is 0 Å². The molecule has 0 saturated carbocycles. The van der Waals surface area contributed by atoms with E-state index >= 15 is 0 Å². The van der Waals surface area contributed by atoms with Crippen LogP contribution in [0.2, 0.25) is 0 Å². The van der Waals surface area contributed by atoms with Crippen molar-refractivity contribution < 1.29 is 22.4 Å². The summed E-state index contributed by atoms with van der Waals surface area (Å²) in [7, 11) is -0.527. The molecule has 2 heteroatoms. The fraction of sp³-hybridized carbons (Fsp3) is 0. The van der Waals surface area contributed by atoms with E-state index in [-0.39, 0.29) is 22.4 Å². The predicted molar refractivity (Wildman–Crippen MR) is 119 cm³/mol. The molecule has 0 aliphatic carbocycles. The molecule has 4 aromatic carbocycles. The van der Waals surface area contributed by atoms with Crippen LogP contribution in [0.25, 0.3) is 11.1 Å². The molecule has 4 rings (SSSR count). The molecule has 0 saturated heterocycles. The quantitative estimate of drug-likeness (QED) is 0.137. The molecule has 0 radical (unpaired) electrons. The zero-order valence-corrected chi connectivity index (χ0v) is 18.4. The third-order valence-corrected chi connectivity index (χ3v) is 6.71. The van der Waals surface area contributed by atoms with Crippen molar-refractivity contribution in [3.63, 3.8) is 0 Å². The van der Waals surface area contributed by atoms with Gasteiger partial charge in [-0.1, -0.05) is 115 Å². The van der Waals surface area contributed by atoms with E-state index in [1.54, 1.807) is 0 Å². The minimum Gasteiger partial charge on any atom is -0.697 e. The Bertz CT molecular complexity index is 923. The first-order valence-corrected chi connectivity index (χ1v) is 10.1. The summed E-state index contributed by atoms with van der Waals surface area (Å²) in [5.41, 5.74) is 2.53. The minimum atomic E-state index is -0.527. The van der Waals surface area contributed by atoms with Crippen LogP contribution in [0.4, 0.5) is 0 Å². The predicted octanol–water partition coefficient (Wildman–Crippen LogP) is 5.32. The van der Waals surface area contributed by atoms with Crippen molar-refractivity contribution in [2.45, 2.75) is 0 Å². The van der Waals surface area contributed by atoms with Gasteiger partial charge in [-0.05, 0) is 35.0 Å². The molecule has 28 heavy (non-hydrogen) atoms. The smallest absolute Gasteiger partial charge is 0.697 e. The largest absolute Gasteiger partial charge is 1.00 e. The Labute approximate surface area is 184 Å². The van der Waals surface area contributed by atoms with Crippen molar-refractivity contribution in [1.82, 2.24) is 0 Å². The average molecular weight is 560 g/mol. The van der Waals surface area contributed by atoms with E-state index in [0.717, 1.165) is 0 Å². The zero-order valence-electron chi connectivity index (χ0n) is 15.3. The van der Waals surface area contributed by atoms with Crippen molar-refractivity contribution in [2.75, 3.05) is 0 Å². The molecule has 0 nitrogen and oxygen atoms in total. The van der Waals surface area contributed by atoms with Crippen molar-refractivity contribution in [2.24, 2.45) is 0 Å². The van der Waals surface area contributed by atoms with Crippen LogP contribution in [0.1, 0.15) is 0 Å². The normalized spacial score (nSPS) is 9.68. The number of terminal acetylenes is 1. The number of hydrogen-bond donors (Lipinski definition) is 0. The second-order valence-corrected chi connectivity index (χ2v) is 8.14. The topological polar surface area (TPSA) is 0 Å². The van der Waals surface area contributed by atoms with Crippen LogP contribution in [0, 0.1) is 12.8 Å². The summed E-state index contributed by atoms with van der Waals surface area (Å²) in [6.07, 6.45) is 9.00. The third-order valence-electron chi connectivity index (χ3n) is 4.26. The second-order valence-electron chi connectivity index (χ2n) is 5.92. The molecule has 0 unspecified atom stereocenters. The van der Waals surface area contributed by atoms with Crippen LogP contribution in [0.3, 0.4) is 0 Å². The maximum atomic E-state index is 5.25. The summed E-state index contributed by atoms with van der Waals surface area (Å²) >= 11 is 0. The summed E-state index contributed by atoms with van der Waals surface area (Å²) in [6.45, 7) is 0. The first kappa shape index (κ1) is 21.9. The molecule has 0 N–H and O–H groups in total. The molecule has 140 valence electrons. The molecule has 0 bridgehead atoms. The fourth-order valence-corrected chi connectivity index (χ4v) is 5.32. The standard InChI is InChI=1S/C24H19P.C2H.Au/c1-4-10-20(11-5-1)21-16-18-24(19-17-21)25(22-12-6-2-7-13-22)23-14-8-3-9-15-23;1-2;/h1-19H;1H;/q;-1;+1. The molecular formula is C26H20AuP. The average Bonchev–Trinajstić information content (AvgIpc) is 2.78. The van der Waals surface area contributed by atoms with Crippen LogP contribution < -0.4 is 15.9 Å². The van der Waals surface area contributed by atoms with E-state index in [2.05, 4.69) is 122 Å². The Morgan fingerprint density at radius 3 is 1.18 bits per heavy atom. The van der Waals surface area contributed by atoms with Gasteiger partial charge in [0.15, 0.2) is 0 Å². The first-order valence-electron chi connectivity index (χ1n) is 8.76. The Morgan fingerprint density at radius 2 is 0.750 bits per heavy atom. The second kappa shape index (κ2) is 11.5. The van der Waals surface area contributed by atoms with Gasteiger partial charge in [-0.2, -0.15) is 0 Å². The van der Waals surface area contributed by atoms with E-state index in [9.17, 15) is 0 Å². The molecular weight excluding hydrogens is 540 g/mol. The SMILES string of the molecule is [Au+].[C-]#C.c1ccc(-c2ccc(P(c3ccccc3)c3ccccc3)cc2)cc1. The molecule has 0 atom stereocenters. The van der Waals surface area contributed by atoms with Crippen LogP contribution in [0.5, 0.6) is 0 Å². The van der Waals surface area contributed by atoms with Crippen LogP contribution in [-0.2, 0) is 22.4 Å². The van der Waals surface area contributed by atoms with Gasteiger partial charge in [0.1, 0.15) is 0 Å². The van der Waals surface area contributed by atoms with Gasteiger partial charge in [0.05, 0.1) is 0 Å². The number of hydrogen-bond acceptors (Lipinski definition) is 0. The minimum absolute atomic E-state index is 0. The molecule has 0 aliphatic heterocycles. The van der Waals surface area contributed by atoms with Gasteiger partial charge in [0.25, 0.3) is 0 Å². The Kier molecular flexibility index (Phi) is 8.96. The first-order chi connectivity index (χ1) is 13.4. The number of benzene rings is 4. The molecule has 0 spiro atoms. The van der Waals surface area contributed by atoms with Gasteiger partial charge in [-0.15, -0.1) is 0 Å². The van der Waals surface area contributed by atoms with Crippen LogP contribution in [0.15, 0.2) is 115 Å². The van der Waals surface area contributed by atoms with Gasteiger partial charge in [0, 0.05) is 0 Å². The maximum Gasteiger partial charge on any atom is 1.00 e. The van der Waals surface area contributed by atoms with E-state index < -0.39 is 7.92 Å². The Morgan fingerprint density at radius 1 is 0.429 bits per heavy atom. The molecule has 0 heterocycles. The van der Waals surface area contributed by atoms with Gasteiger partial charge >= 0.3 is 22.4 Å². The maximum absolute atomic E-state index is 5.25. The van der Waals surface area contributed by atoms with E-state index in [1.165, 1.54) is 27.0 Å². The Balaban J connectivity index is 0.000000906. The molecule has 0 amide bonds. The molecule has 4 aromatic rings. The van der Waals surface area contributed by atoms with E-state index in [4.69, 9.17) is 6.42 Å².